The van der Waals surface area contributed by atoms with E-state index in [-0.39, 0.29) is 4.90 Å². The van der Waals surface area contributed by atoms with Crippen LogP contribution in [0.4, 0.5) is 0 Å². The second-order valence-electron chi connectivity index (χ2n) is 5.28. The Morgan fingerprint density at radius 3 is 2.71 bits per heavy atom. The van der Waals surface area contributed by atoms with Crippen molar-refractivity contribution in [3.63, 3.8) is 0 Å². The van der Waals surface area contributed by atoms with Crippen LogP contribution in [0.5, 0.6) is 0 Å². The Bertz CT molecular complexity index is 986. The molecule has 1 aromatic carbocycles. The van der Waals surface area contributed by atoms with Crippen molar-refractivity contribution in [3.8, 4) is 0 Å². The SMILES string of the molecule is CN(C)S(=O)(=O)c1ccc2nnc(SCc3cccc(Cl)c3)n2c1. The average Bonchev–Trinajstić information content (AvgIpc) is 2.95. The first kappa shape index (κ1) is 17.2. The lowest BCUT2D eigenvalue weighted by Crippen LogP contribution is -2.22. The van der Waals surface area contributed by atoms with Crippen LogP contribution in [0.25, 0.3) is 5.65 Å². The molecule has 6 nitrogen and oxygen atoms in total. The molecule has 0 bridgehead atoms. The summed E-state index contributed by atoms with van der Waals surface area (Å²) in [5.74, 6) is 0.659. The highest BCUT2D eigenvalue weighted by molar-refractivity contribution is 7.98. The Morgan fingerprint density at radius 1 is 1.21 bits per heavy atom. The van der Waals surface area contributed by atoms with Crippen LogP contribution in [0.1, 0.15) is 5.56 Å². The van der Waals surface area contributed by atoms with Crippen LogP contribution in [-0.4, -0.2) is 41.4 Å². The predicted molar refractivity (Wildman–Crippen MR) is 94.9 cm³/mol. The number of rotatable bonds is 5. The quantitative estimate of drug-likeness (QED) is 0.634. The van der Waals surface area contributed by atoms with E-state index < -0.39 is 10.0 Å². The summed E-state index contributed by atoms with van der Waals surface area (Å²) < 4.78 is 27.4. The zero-order chi connectivity index (χ0) is 17.3. The maximum absolute atomic E-state index is 12.3. The number of sulfonamides is 1. The summed E-state index contributed by atoms with van der Waals surface area (Å²) >= 11 is 7.46. The molecule has 3 rings (SSSR count). The average molecular weight is 383 g/mol. The van der Waals surface area contributed by atoms with E-state index in [0.717, 1.165) is 5.56 Å². The molecule has 0 spiro atoms. The van der Waals surface area contributed by atoms with E-state index in [1.54, 1.807) is 16.7 Å². The summed E-state index contributed by atoms with van der Waals surface area (Å²) in [6.07, 6.45) is 1.55. The van der Waals surface area contributed by atoms with Gasteiger partial charge in [0.25, 0.3) is 0 Å². The van der Waals surface area contributed by atoms with E-state index in [1.807, 2.05) is 24.3 Å². The minimum atomic E-state index is -3.51. The second-order valence-corrected chi connectivity index (χ2v) is 8.81. The first-order valence-electron chi connectivity index (χ1n) is 7.02. The van der Waals surface area contributed by atoms with Gasteiger partial charge in [-0.1, -0.05) is 35.5 Å². The smallest absolute Gasteiger partial charge is 0.244 e. The minimum absolute atomic E-state index is 0.199. The van der Waals surface area contributed by atoms with Crippen molar-refractivity contribution in [2.24, 2.45) is 0 Å². The Balaban J connectivity index is 1.92. The zero-order valence-corrected chi connectivity index (χ0v) is 15.4. The molecule has 0 N–H and O–H groups in total. The lowest BCUT2D eigenvalue weighted by molar-refractivity contribution is 0.520. The van der Waals surface area contributed by atoms with Gasteiger partial charge in [0, 0.05) is 31.1 Å². The molecule has 0 fully saturated rings. The molecule has 0 unspecified atom stereocenters. The van der Waals surface area contributed by atoms with Gasteiger partial charge in [-0.05, 0) is 29.8 Å². The molecular formula is C15H15ClN4O2S2. The standard InChI is InChI=1S/C15H15ClN4O2S2/c1-19(2)24(21,22)13-6-7-14-17-18-15(20(14)9-13)23-10-11-4-3-5-12(16)8-11/h3-9H,10H2,1-2H3. The number of benzene rings is 1. The summed E-state index contributed by atoms with van der Waals surface area (Å²) in [4.78, 5) is 0.199. The number of thioether (sulfide) groups is 1. The minimum Gasteiger partial charge on any atom is -0.276 e. The fourth-order valence-electron chi connectivity index (χ4n) is 2.09. The molecule has 3 aromatic rings. The maximum Gasteiger partial charge on any atom is 0.244 e. The van der Waals surface area contributed by atoms with Crippen LogP contribution in [-0.2, 0) is 15.8 Å². The number of hydrogen-bond acceptors (Lipinski definition) is 5. The Hall–Kier alpha value is -1.61. The van der Waals surface area contributed by atoms with Crippen molar-refractivity contribution >= 4 is 39.0 Å². The van der Waals surface area contributed by atoms with Gasteiger partial charge in [0.1, 0.15) is 0 Å². The van der Waals surface area contributed by atoms with Crippen LogP contribution < -0.4 is 0 Å². The van der Waals surface area contributed by atoms with E-state index in [4.69, 9.17) is 11.6 Å². The van der Waals surface area contributed by atoms with Crippen molar-refractivity contribution in [1.82, 2.24) is 18.9 Å². The van der Waals surface area contributed by atoms with Gasteiger partial charge >= 0.3 is 0 Å². The topological polar surface area (TPSA) is 67.6 Å². The molecule has 2 aromatic heterocycles. The molecule has 0 aliphatic rings. The number of fused-ring (bicyclic) bond motifs is 1. The third-order valence-electron chi connectivity index (χ3n) is 3.38. The van der Waals surface area contributed by atoms with Gasteiger partial charge in [-0.25, -0.2) is 12.7 Å². The van der Waals surface area contributed by atoms with Crippen LogP contribution in [0.15, 0.2) is 52.6 Å². The van der Waals surface area contributed by atoms with E-state index in [1.165, 1.54) is 36.2 Å². The molecule has 0 saturated heterocycles. The summed E-state index contributed by atoms with van der Waals surface area (Å²) in [6, 6.07) is 10.8. The van der Waals surface area contributed by atoms with Gasteiger partial charge in [0.05, 0.1) is 4.90 Å². The molecule has 24 heavy (non-hydrogen) atoms. The highest BCUT2D eigenvalue weighted by Crippen LogP contribution is 2.24. The fraction of sp³-hybridized carbons (Fsp3) is 0.200. The molecule has 0 saturated carbocycles. The number of aromatic nitrogens is 3. The van der Waals surface area contributed by atoms with Gasteiger partial charge < -0.3 is 0 Å². The van der Waals surface area contributed by atoms with Gasteiger partial charge in [-0.3, -0.25) is 4.40 Å². The molecular weight excluding hydrogens is 368 g/mol. The number of pyridine rings is 1. The lowest BCUT2D eigenvalue weighted by Gasteiger charge is -2.11. The largest absolute Gasteiger partial charge is 0.276 e. The van der Waals surface area contributed by atoms with Crippen molar-refractivity contribution < 1.29 is 8.42 Å². The van der Waals surface area contributed by atoms with Gasteiger partial charge in [-0.2, -0.15) is 0 Å². The van der Waals surface area contributed by atoms with Crippen LogP contribution in [0.2, 0.25) is 5.02 Å². The van der Waals surface area contributed by atoms with E-state index in [9.17, 15) is 8.42 Å². The summed E-state index contributed by atoms with van der Waals surface area (Å²) in [6.45, 7) is 0. The highest BCUT2D eigenvalue weighted by atomic mass is 35.5. The number of hydrogen-bond donors (Lipinski definition) is 0. The number of nitrogens with zero attached hydrogens (tertiary/aromatic N) is 4. The third kappa shape index (κ3) is 3.41. The van der Waals surface area contributed by atoms with Crippen molar-refractivity contribution in [1.29, 1.82) is 0 Å². The fourth-order valence-corrected chi connectivity index (χ4v) is 4.06. The maximum atomic E-state index is 12.3. The summed E-state index contributed by atoms with van der Waals surface area (Å²) in [5, 5.41) is 9.51. The molecule has 2 heterocycles. The molecule has 0 radical (unpaired) electrons. The summed E-state index contributed by atoms with van der Waals surface area (Å²) in [5.41, 5.74) is 1.66. The molecule has 0 atom stereocenters. The zero-order valence-electron chi connectivity index (χ0n) is 13.0. The van der Waals surface area contributed by atoms with Gasteiger partial charge in [0.15, 0.2) is 10.8 Å². The normalized spacial score (nSPS) is 12.2. The second kappa shape index (κ2) is 6.72. The Morgan fingerprint density at radius 2 is 2.00 bits per heavy atom. The number of halogens is 1. The lowest BCUT2D eigenvalue weighted by atomic mass is 10.2. The predicted octanol–water partition coefficient (Wildman–Crippen LogP) is 2.93. The molecule has 0 aliphatic carbocycles. The Kier molecular flexibility index (Phi) is 4.82. The van der Waals surface area contributed by atoms with Crippen LogP contribution in [0.3, 0.4) is 0 Å². The first-order chi connectivity index (χ1) is 11.4. The van der Waals surface area contributed by atoms with Gasteiger partial charge in [0.2, 0.25) is 10.0 Å². The highest BCUT2D eigenvalue weighted by Gasteiger charge is 2.19. The molecule has 0 aliphatic heterocycles. The van der Waals surface area contributed by atoms with E-state index >= 15 is 0 Å². The first-order valence-corrected chi connectivity index (χ1v) is 9.83. The molecule has 126 valence electrons. The monoisotopic (exact) mass is 382 g/mol. The molecule has 0 amide bonds. The van der Waals surface area contributed by atoms with Crippen molar-refractivity contribution in [3.05, 3.63) is 53.2 Å². The molecule has 9 heteroatoms. The van der Waals surface area contributed by atoms with E-state index in [2.05, 4.69) is 10.2 Å². The summed E-state index contributed by atoms with van der Waals surface area (Å²) in [7, 11) is -0.505. The van der Waals surface area contributed by atoms with E-state index in [0.29, 0.717) is 21.6 Å². The van der Waals surface area contributed by atoms with Crippen molar-refractivity contribution in [2.75, 3.05) is 14.1 Å². The Labute approximate surface area is 149 Å². The van der Waals surface area contributed by atoms with Crippen molar-refractivity contribution in [2.45, 2.75) is 15.8 Å². The van der Waals surface area contributed by atoms with Crippen LogP contribution >= 0.6 is 23.4 Å². The van der Waals surface area contributed by atoms with Gasteiger partial charge in [-0.15, -0.1) is 10.2 Å². The van der Waals surface area contributed by atoms with Crippen LogP contribution in [0, 0.1) is 0 Å². The third-order valence-corrected chi connectivity index (χ3v) is 6.43.